The lowest BCUT2D eigenvalue weighted by atomic mass is 10.1. The highest BCUT2D eigenvalue weighted by Crippen LogP contribution is 2.20. The fourth-order valence-electron chi connectivity index (χ4n) is 3.24. The summed E-state index contributed by atoms with van der Waals surface area (Å²) in [6.45, 7) is 4.49. The first-order valence-corrected chi connectivity index (χ1v) is 9.19. The molecule has 2 aromatic carbocycles. The minimum absolute atomic E-state index is 0.0872. The smallest absolute Gasteiger partial charge is 0.202 e. The Kier molecular flexibility index (Phi) is 6.14. The zero-order valence-electron chi connectivity index (χ0n) is 16.4. The second kappa shape index (κ2) is 8.74. The van der Waals surface area contributed by atoms with Crippen LogP contribution in [-0.4, -0.2) is 24.1 Å². The van der Waals surface area contributed by atoms with E-state index in [4.69, 9.17) is 9.47 Å². The molecule has 0 fully saturated rings. The van der Waals surface area contributed by atoms with Gasteiger partial charge < -0.3 is 14.0 Å². The molecule has 0 aliphatic rings. The Morgan fingerprint density at radius 1 is 1.07 bits per heavy atom. The van der Waals surface area contributed by atoms with Crippen LogP contribution >= 0.6 is 0 Å². The molecule has 1 aromatic heterocycles. The van der Waals surface area contributed by atoms with Crippen molar-refractivity contribution in [2.75, 3.05) is 13.7 Å². The first kappa shape index (κ1) is 19.7. The molecular weight excluding hydrogens is 357 g/mol. The molecule has 0 radical (unpaired) electrons. The van der Waals surface area contributed by atoms with Crippen LogP contribution < -0.4 is 9.47 Å². The van der Waals surface area contributed by atoms with Crippen molar-refractivity contribution < 1.29 is 18.7 Å². The summed E-state index contributed by atoms with van der Waals surface area (Å²) in [5.74, 6) is 0.288. The molecule has 146 valence electrons. The number of nitrogens with zero attached hydrogens (tertiary/aromatic N) is 1. The lowest BCUT2D eigenvalue weighted by molar-refractivity contribution is 0.0918. The summed E-state index contributed by atoms with van der Waals surface area (Å²) < 4.78 is 26.3. The second-order valence-corrected chi connectivity index (χ2v) is 6.68. The zero-order valence-corrected chi connectivity index (χ0v) is 16.4. The number of carbonyl (C=O) groups excluding carboxylic acids is 1. The number of rotatable bonds is 8. The van der Waals surface area contributed by atoms with Gasteiger partial charge >= 0.3 is 0 Å². The zero-order chi connectivity index (χ0) is 20.1. The molecule has 0 amide bonds. The maximum absolute atomic E-state index is 13.7. The number of aryl methyl sites for hydroxylation is 2. The van der Waals surface area contributed by atoms with Gasteiger partial charge in [0.25, 0.3) is 0 Å². The molecule has 1 heterocycles. The number of ether oxygens (including phenoxy) is 2. The summed E-state index contributed by atoms with van der Waals surface area (Å²) in [6.07, 6.45) is 0.847. The third-order valence-corrected chi connectivity index (χ3v) is 4.85. The lowest BCUT2D eigenvalue weighted by Gasteiger charge is -2.11. The quantitative estimate of drug-likeness (QED) is 0.529. The van der Waals surface area contributed by atoms with Crippen molar-refractivity contribution in [3.63, 3.8) is 0 Å². The Morgan fingerprint density at radius 3 is 2.46 bits per heavy atom. The van der Waals surface area contributed by atoms with E-state index in [1.165, 1.54) is 17.7 Å². The monoisotopic (exact) mass is 381 g/mol. The van der Waals surface area contributed by atoms with Gasteiger partial charge in [-0.3, -0.25) is 4.79 Å². The van der Waals surface area contributed by atoms with E-state index >= 15 is 0 Å². The van der Waals surface area contributed by atoms with E-state index in [1.54, 1.807) is 19.2 Å². The first-order valence-electron chi connectivity index (χ1n) is 9.19. The Bertz CT molecular complexity index is 960. The third kappa shape index (κ3) is 4.42. The van der Waals surface area contributed by atoms with Crippen LogP contribution in [0.1, 0.15) is 27.3 Å². The summed E-state index contributed by atoms with van der Waals surface area (Å²) in [7, 11) is 1.65. The van der Waals surface area contributed by atoms with Crippen molar-refractivity contribution in [2.45, 2.75) is 26.8 Å². The molecule has 0 N–H and O–H groups in total. The fourth-order valence-corrected chi connectivity index (χ4v) is 3.24. The predicted octanol–water partition coefficient (Wildman–Crippen LogP) is 4.76. The van der Waals surface area contributed by atoms with E-state index in [0.717, 1.165) is 30.1 Å². The molecule has 0 aliphatic carbocycles. The number of methoxy groups -OCH3 is 1. The maximum atomic E-state index is 13.7. The molecular formula is C23H24FNO3. The number of para-hydroxylation sites is 1. The summed E-state index contributed by atoms with van der Waals surface area (Å²) in [5.41, 5.74) is 3.72. The molecule has 0 unspecified atom stereocenters. The fraction of sp³-hybridized carbons (Fsp3) is 0.261. The van der Waals surface area contributed by atoms with Crippen molar-refractivity contribution in [2.24, 2.45) is 0 Å². The van der Waals surface area contributed by atoms with Gasteiger partial charge in [0.1, 0.15) is 5.75 Å². The highest BCUT2D eigenvalue weighted by molar-refractivity contribution is 5.98. The van der Waals surface area contributed by atoms with Crippen LogP contribution in [0, 0.1) is 19.7 Å². The maximum Gasteiger partial charge on any atom is 0.202 e. The summed E-state index contributed by atoms with van der Waals surface area (Å²) >= 11 is 0. The third-order valence-electron chi connectivity index (χ3n) is 4.85. The molecule has 3 rings (SSSR count). The average molecular weight is 381 g/mol. The van der Waals surface area contributed by atoms with Gasteiger partial charge in [-0.2, -0.15) is 0 Å². The van der Waals surface area contributed by atoms with Crippen LogP contribution in [0.2, 0.25) is 0 Å². The van der Waals surface area contributed by atoms with Gasteiger partial charge in [-0.05, 0) is 56.2 Å². The number of Topliss-reactive ketones (excluding diaryl/α,β-unsaturated/α-hetero) is 1. The molecule has 0 saturated heterocycles. The van der Waals surface area contributed by atoms with Gasteiger partial charge in [-0.15, -0.1) is 0 Å². The largest absolute Gasteiger partial charge is 0.497 e. The summed E-state index contributed by atoms with van der Waals surface area (Å²) in [6, 6.07) is 15.9. The van der Waals surface area contributed by atoms with Crippen LogP contribution in [0.5, 0.6) is 11.5 Å². The number of aromatic nitrogens is 1. The molecule has 4 nitrogen and oxygen atoms in total. The van der Waals surface area contributed by atoms with Crippen LogP contribution in [0.25, 0.3) is 0 Å². The van der Waals surface area contributed by atoms with Crippen molar-refractivity contribution in [3.8, 4) is 11.5 Å². The molecule has 0 saturated carbocycles. The predicted molar refractivity (Wildman–Crippen MR) is 107 cm³/mol. The topological polar surface area (TPSA) is 40.5 Å². The summed E-state index contributed by atoms with van der Waals surface area (Å²) in [4.78, 5) is 12.6. The van der Waals surface area contributed by atoms with Gasteiger partial charge in [0, 0.05) is 23.5 Å². The van der Waals surface area contributed by atoms with E-state index in [2.05, 4.69) is 4.57 Å². The van der Waals surface area contributed by atoms with Crippen molar-refractivity contribution in [1.82, 2.24) is 4.57 Å². The van der Waals surface area contributed by atoms with Crippen LogP contribution in [-0.2, 0) is 13.0 Å². The van der Waals surface area contributed by atoms with Gasteiger partial charge in [-0.1, -0.05) is 24.3 Å². The van der Waals surface area contributed by atoms with Gasteiger partial charge in [-0.25, -0.2) is 4.39 Å². The van der Waals surface area contributed by atoms with Crippen LogP contribution in [0.4, 0.5) is 4.39 Å². The molecule has 0 aliphatic heterocycles. The molecule has 0 spiro atoms. The first-order chi connectivity index (χ1) is 13.5. The average Bonchev–Trinajstić information content (AvgIpc) is 2.99. The molecule has 5 heteroatoms. The second-order valence-electron chi connectivity index (χ2n) is 6.68. The minimum Gasteiger partial charge on any atom is -0.497 e. The number of halogens is 1. The Morgan fingerprint density at radius 2 is 1.79 bits per heavy atom. The highest BCUT2D eigenvalue weighted by Gasteiger charge is 2.17. The van der Waals surface area contributed by atoms with Crippen molar-refractivity contribution >= 4 is 5.78 Å². The van der Waals surface area contributed by atoms with Crippen molar-refractivity contribution in [3.05, 3.63) is 82.9 Å². The Balaban J connectivity index is 1.66. The standard InChI is InChI=1S/C23H24FNO3/c1-16-14-20(22(26)15-28-23-7-5-4-6-21(23)24)17(2)25(16)13-12-18-8-10-19(27-3)11-9-18/h4-11,14H,12-13,15H2,1-3H3. The number of carbonyl (C=O) groups is 1. The molecule has 28 heavy (non-hydrogen) atoms. The molecule has 3 aromatic rings. The van der Waals surface area contributed by atoms with Crippen LogP contribution in [0.3, 0.4) is 0 Å². The number of benzene rings is 2. The molecule has 0 atom stereocenters. The minimum atomic E-state index is -0.472. The van der Waals surface area contributed by atoms with Gasteiger partial charge in [0.2, 0.25) is 5.78 Å². The van der Waals surface area contributed by atoms with Crippen LogP contribution in [0.15, 0.2) is 54.6 Å². The number of hydrogen-bond acceptors (Lipinski definition) is 3. The van der Waals surface area contributed by atoms with E-state index in [-0.39, 0.29) is 18.1 Å². The van der Waals surface area contributed by atoms with E-state index in [9.17, 15) is 9.18 Å². The van der Waals surface area contributed by atoms with Crippen molar-refractivity contribution in [1.29, 1.82) is 0 Å². The Labute approximate surface area is 164 Å². The van der Waals surface area contributed by atoms with Gasteiger partial charge in [0.05, 0.1) is 7.11 Å². The summed E-state index contributed by atoms with van der Waals surface area (Å²) in [5, 5.41) is 0. The van der Waals surface area contributed by atoms with E-state index in [1.807, 2.05) is 44.2 Å². The Hall–Kier alpha value is -3.08. The molecule has 0 bridgehead atoms. The SMILES string of the molecule is COc1ccc(CCn2c(C)cc(C(=O)COc3ccccc3F)c2C)cc1. The number of ketones is 1. The van der Waals surface area contributed by atoms with E-state index < -0.39 is 5.82 Å². The lowest BCUT2D eigenvalue weighted by Crippen LogP contribution is -2.14. The van der Waals surface area contributed by atoms with Gasteiger partial charge in [0.15, 0.2) is 18.2 Å². The number of hydrogen-bond donors (Lipinski definition) is 0. The normalized spacial score (nSPS) is 10.7. The highest BCUT2D eigenvalue weighted by atomic mass is 19.1. The van der Waals surface area contributed by atoms with E-state index in [0.29, 0.717) is 5.56 Å².